The van der Waals surface area contributed by atoms with Crippen molar-refractivity contribution >= 4 is 11.9 Å². The maximum absolute atomic E-state index is 12.2. The third kappa shape index (κ3) is 5.42. The summed E-state index contributed by atoms with van der Waals surface area (Å²) in [5, 5.41) is 12.7. The van der Waals surface area contributed by atoms with Crippen molar-refractivity contribution in [2.24, 2.45) is 0 Å². The summed E-state index contributed by atoms with van der Waals surface area (Å²) in [6.07, 6.45) is 6.84. The van der Waals surface area contributed by atoms with Gasteiger partial charge in [-0.25, -0.2) is 9.97 Å². The number of hydrogen-bond acceptors (Lipinski definition) is 6. The summed E-state index contributed by atoms with van der Waals surface area (Å²) >= 11 is 0. The van der Waals surface area contributed by atoms with Gasteiger partial charge in [0.1, 0.15) is 0 Å². The molecule has 2 rings (SSSR count). The van der Waals surface area contributed by atoms with Gasteiger partial charge in [0.2, 0.25) is 5.95 Å². The lowest BCUT2D eigenvalue weighted by molar-refractivity contribution is -0.0225. The van der Waals surface area contributed by atoms with Crippen LogP contribution >= 0.6 is 0 Å². The number of nitrogens with one attached hydrogen (secondary N) is 1. The minimum atomic E-state index is -0.710. The topological polar surface area (TPSA) is 87.6 Å². The van der Waals surface area contributed by atoms with Crippen LogP contribution in [0, 0.1) is 6.92 Å². The zero-order valence-electron chi connectivity index (χ0n) is 14.8. The number of aromatic nitrogens is 2. The number of amides is 1. The Hall–Kier alpha value is -1.73. The summed E-state index contributed by atoms with van der Waals surface area (Å²) < 4.78 is 5.72. The lowest BCUT2D eigenvalue weighted by Gasteiger charge is -2.23. The largest absolute Gasteiger partial charge is 0.389 e. The molecule has 1 amide bonds. The van der Waals surface area contributed by atoms with Crippen LogP contribution in [0.1, 0.15) is 48.2 Å². The molecule has 0 bridgehead atoms. The molecule has 2 N–H and O–H groups in total. The summed E-state index contributed by atoms with van der Waals surface area (Å²) in [5.74, 6) is 0.277. The molecule has 1 heterocycles. The summed E-state index contributed by atoms with van der Waals surface area (Å²) in [5.41, 5.74) is 1.03. The molecule has 1 saturated carbocycles. The Morgan fingerprint density at radius 2 is 2.12 bits per heavy atom. The molecular formula is C17H28N4O3. The first kappa shape index (κ1) is 18.6. The van der Waals surface area contributed by atoms with E-state index in [4.69, 9.17) is 4.74 Å². The number of aliphatic hydroxyl groups is 1. The second-order valence-electron chi connectivity index (χ2n) is 6.52. The average molecular weight is 336 g/mol. The van der Waals surface area contributed by atoms with Crippen LogP contribution in [0.5, 0.6) is 0 Å². The molecule has 1 atom stereocenters. The molecule has 0 aromatic carbocycles. The fourth-order valence-corrected chi connectivity index (χ4v) is 2.74. The molecule has 1 aromatic heterocycles. The summed E-state index contributed by atoms with van der Waals surface area (Å²) in [6, 6.07) is 0. The predicted octanol–water partition coefficient (Wildman–Crippen LogP) is 1.29. The molecular weight excluding hydrogens is 308 g/mol. The third-order valence-electron chi connectivity index (χ3n) is 4.19. The monoisotopic (exact) mass is 336 g/mol. The van der Waals surface area contributed by atoms with Crippen molar-refractivity contribution in [3.05, 3.63) is 17.5 Å². The fraction of sp³-hybridized carbons (Fsp3) is 0.706. The van der Waals surface area contributed by atoms with Crippen LogP contribution in [-0.4, -0.2) is 60.4 Å². The molecule has 1 aliphatic rings. The highest BCUT2D eigenvalue weighted by atomic mass is 16.5. The molecule has 7 heteroatoms. The van der Waals surface area contributed by atoms with Crippen molar-refractivity contribution < 1.29 is 14.6 Å². The Morgan fingerprint density at radius 1 is 1.42 bits per heavy atom. The van der Waals surface area contributed by atoms with E-state index < -0.39 is 6.10 Å². The fourth-order valence-electron chi connectivity index (χ4n) is 2.74. The van der Waals surface area contributed by atoms with E-state index in [0.717, 1.165) is 12.8 Å². The van der Waals surface area contributed by atoms with Crippen molar-refractivity contribution in [3.8, 4) is 0 Å². The normalized spacial score (nSPS) is 16.7. The lowest BCUT2D eigenvalue weighted by Crippen LogP contribution is -2.36. The lowest BCUT2D eigenvalue weighted by atomic mass is 9.98. The van der Waals surface area contributed by atoms with Gasteiger partial charge in [0.15, 0.2) is 0 Å². The van der Waals surface area contributed by atoms with Gasteiger partial charge >= 0.3 is 0 Å². The van der Waals surface area contributed by atoms with Crippen LogP contribution in [-0.2, 0) is 4.74 Å². The van der Waals surface area contributed by atoms with Crippen molar-refractivity contribution in [1.82, 2.24) is 15.3 Å². The molecule has 0 saturated heterocycles. The molecule has 7 nitrogen and oxygen atoms in total. The highest BCUT2D eigenvalue weighted by Gasteiger charge is 2.17. The molecule has 24 heavy (non-hydrogen) atoms. The minimum Gasteiger partial charge on any atom is -0.389 e. The number of anilines is 1. The van der Waals surface area contributed by atoms with Crippen LogP contribution < -0.4 is 10.2 Å². The second kappa shape index (κ2) is 8.94. The van der Waals surface area contributed by atoms with Gasteiger partial charge in [0.25, 0.3) is 5.91 Å². The Kier molecular flexibility index (Phi) is 6.93. The van der Waals surface area contributed by atoms with Gasteiger partial charge in [-0.05, 0) is 19.8 Å². The number of aryl methyl sites for hydroxylation is 1. The number of carbonyl (C=O) groups excluding carboxylic acids is 1. The second-order valence-corrected chi connectivity index (χ2v) is 6.52. The van der Waals surface area contributed by atoms with E-state index >= 15 is 0 Å². The standard InChI is InChI=1S/C17H28N4O3/c1-12-15(10-19-17(20-12)21(2)3)16(23)18-9-13(22)11-24-14-7-5-4-6-8-14/h10,13-14,22H,4-9,11H2,1-3H3,(H,18,23). The predicted molar refractivity (Wildman–Crippen MR) is 92.3 cm³/mol. The van der Waals surface area contributed by atoms with Gasteiger partial charge in [0.05, 0.1) is 30.1 Å². The van der Waals surface area contributed by atoms with Crippen LogP contribution in [0.4, 0.5) is 5.95 Å². The van der Waals surface area contributed by atoms with Gasteiger partial charge in [-0.2, -0.15) is 0 Å². The zero-order valence-corrected chi connectivity index (χ0v) is 14.8. The highest BCUT2D eigenvalue weighted by molar-refractivity contribution is 5.95. The van der Waals surface area contributed by atoms with Crippen LogP contribution in [0.25, 0.3) is 0 Å². The first-order valence-electron chi connectivity index (χ1n) is 8.56. The Balaban J connectivity index is 1.77. The first-order valence-corrected chi connectivity index (χ1v) is 8.56. The molecule has 1 aliphatic carbocycles. The van der Waals surface area contributed by atoms with E-state index in [2.05, 4.69) is 15.3 Å². The van der Waals surface area contributed by atoms with Gasteiger partial charge in [-0.15, -0.1) is 0 Å². The van der Waals surface area contributed by atoms with E-state index in [1.165, 1.54) is 25.5 Å². The minimum absolute atomic E-state index is 0.153. The van der Waals surface area contributed by atoms with E-state index in [1.807, 2.05) is 14.1 Å². The zero-order chi connectivity index (χ0) is 17.5. The van der Waals surface area contributed by atoms with Crippen molar-refractivity contribution in [1.29, 1.82) is 0 Å². The maximum atomic E-state index is 12.2. The number of carbonyl (C=O) groups is 1. The molecule has 0 aliphatic heterocycles. The number of aliphatic hydroxyl groups excluding tert-OH is 1. The number of rotatable bonds is 7. The van der Waals surface area contributed by atoms with Gasteiger partial charge < -0.3 is 20.1 Å². The molecule has 1 aromatic rings. The molecule has 0 radical (unpaired) electrons. The van der Waals surface area contributed by atoms with Crippen molar-refractivity contribution in [2.75, 3.05) is 32.1 Å². The Morgan fingerprint density at radius 3 is 2.75 bits per heavy atom. The van der Waals surface area contributed by atoms with Crippen LogP contribution in [0.3, 0.4) is 0 Å². The van der Waals surface area contributed by atoms with Crippen molar-refractivity contribution in [2.45, 2.75) is 51.2 Å². The smallest absolute Gasteiger partial charge is 0.254 e. The Labute approximate surface area is 143 Å². The molecule has 1 unspecified atom stereocenters. The SMILES string of the molecule is Cc1nc(N(C)C)ncc1C(=O)NCC(O)COC1CCCCC1. The van der Waals surface area contributed by atoms with Crippen LogP contribution in [0.2, 0.25) is 0 Å². The van der Waals surface area contributed by atoms with E-state index in [1.54, 1.807) is 11.8 Å². The third-order valence-corrected chi connectivity index (χ3v) is 4.19. The summed E-state index contributed by atoms with van der Waals surface area (Å²) in [6.45, 7) is 2.17. The average Bonchev–Trinajstić information content (AvgIpc) is 2.58. The van der Waals surface area contributed by atoms with Crippen molar-refractivity contribution in [3.63, 3.8) is 0 Å². The quantitative estimate of drug-likeness (QED) is 0.780. The number of nitrogens with zero attached hydrogens (tertiary/aromatic N) is 3. The maximum Gasteiger partial charge on any atom is 0.254 e. The first-order chi connectivity index (χ1) is 11.5. The molecule has 1 fully saturated rings. The molecule has 0 spiro atoms. The summed E-state index contributed by atoms with van der Waals surface area (Å²) in [4.78, 5) is 22.4. The van der Waals surface area contributed by atoms with Gasteiger partial charge in [0, 0.05) is 26.8 Å². The van der Waals surface area contributed by atoms with E-state index in [0.29, 0.717) is 17.2 Å². The van der Waals surface area contributed by atoms with E-state index in [-0.39, 0.29) is 25.2 Å². The number of hydrogen-bond donors (Lipinski definition) is 2. The Bertz CT molecular complexity index is 545. The summed E-state index contributed by atoms with van der Waals surface area (Å²) in [7, 11) is 3.69. The highest BCUT2D eigenvalue weighted by Crippen LogP contribution is 2.20. The van der Waals surface area contributed by atoms with E-state index in [9.17, 15) is 9.90 Å². The molecule has 134 valence electrons. The van der Waals surface area contributed by atoms with Crippen LogP contribution in [0.15, 0.2) is 6.20 Å². The number of ether oxygens (including phenoxy) is 1. The van der Waals surface area contributed by atoms with Gasteiger partial charge in [-0.3, -0.25) is 4.79 Å². The van der Waals surface area contributed by atoms with Gasteiger partial charge in [-0.1, -0.05) is 19.3 Å².